The van der Waals surface area contributed by atoms with Crippen molar-refractivity contribution < 1.29 is 4.79 Å². The Morgan fingerprint density at radius 2 is 2.27 bits per heavy atom. The monoisotopic (exact) mass is 204 g/mol. The van der Waals surface area contributed by atoms with E-state index in [4.69, 9.17) is 0 Å². The second kappa shape index (κ2) is 4.08. The number of likely N-dealkylation sites (N-methyl/N-ethyl adjacent to an activating group) is 1. The van der Waals surface area contributed by atoms with Crippen molar-refractivity contribution in [3.8, 4) is 0 Å². The lowest BCUT2D eigenvalue weighted by Crippen LogP contribution is -2.27. The van der Waals surface area contributed by atoms with Gasteiger partial charge in [0.05, 0.1) is 5.52 Å². The SMILES string of the molecule is CCNC(=O)Cn1nnc2ccccc21. The molecule has 2 aromatic rings. The Morgan fingerprint density at radius 1 is 1.47 bits per heavy atom. The molecule has 5 nitrogen and oxygen atoms in total. The van der Waals surface area contributed by atoms with Crippen molar-refractivity contribution in [2.24, 2.45) is 0 Å². The first-order valence-corrected chi connectivity index (χ1v) is 4.86. The summed E-state index contributed by atoms with van der Waals surface area (Å²) < 4.78 is 1.60. The fourth-order valence-corrected chi connectivity index (χ4v) is 1.42. The summed E-state index contributed by atoms with van der Waals surface area (Å²) in [5, 5.41) is 10.6. The van der Waals surface area contributed by atoms with Gasteiger partial charge in [0.2, 0.25) is 5.91 Å². The molecule has 2 rings (SSSR count). The topological polar surface area (TPSA) is 59.8 Å². The zero-order chi connectivity index (χ0) is 10.7. The molecule has 1 N–H and O–H groups in total. The van der Waals surface area contributed by atoms with Gasteiger partial charge in [-0.3, -0.25) is 4.79 Å². The first-order chi connectivity index (χ1) is 7.31. The number of hydrogen-bond acceptors (Lipinski definition) is 3. The lowest BCUT2D eigenvalue weighted by Gasteiger charge is -2.02. The minimum absolute atomic E-state index is 0.0480. The second-order valence-corrected chi connectivity index (χ2v) is 3.19. The molecule has 1 aromatic carbocycles. The van der Waals surface area contributed by atoms with E-state index in [1.54, 1.807) is 4.68 Å². The molecule has 0 saturated heterocycles. The quantitative estimate of drug-likeness (QED) is 0.795. The lowest BCUT2D eigenvalue weighted by atomic mass is 10.3. The van der Waals surface area contributed by atoms with E-state index in [1.807, 2.05) is 31.2 Å². The van der Waals surface area contributed by atoms with Gasteiger partial charge in [0, 0.05) is 6.54 Å². The van der Waals surface area contributed by atoms with Crippen LogP contribution in [-0.2, 0) is 11.3 Å². The molecule has 1 amide bonds. The first-order valence-electron chi connectivity index (χ1n) is 4.86. The summed E-state index contributed by atoms with van der Waals surface area (Å²) >= 11 is 0. The van der Waals surface area contributed by atoms with Crippen LogP contribution in [0.1, 0.15) is 6.92 Å². The van der Waals surface area contributed by atoms with Crippen molar-refractivity contribution in [2.45, 2.75) is 13.5 Å². The number of para-hydroxylation sites is 1. The van der Waals surface area contributed by atoms with Crippen LogP contribution in [0.15, 0.2) is 24.3 Å². The van der Waals surface area contributed by atoms with Crippen LogP contribution in [0.4, 0.5) is 0 Å². The highest BCUT2D eigenvalue weighted by atomic mass is 16.2. The summed E-state index contributed by atoms with van der Waals surface area (Å²) in [5.74, 6) is -0.0480. The molecule has 78 valence electrons. The first kappa shape index (κ1) is 9.64. The van der Waals surface area contributed by atoms with E-state index >= 15 is 0 Å². The molecule has 1 aromatic heterocycles. The van der Waals surface area contributed by atoms with Crippen LogP contribution in [0.3, 0.4) is 0 Å². The maximum absolute atomic E-state index is 11.4. The van der Waals surface area contributed by atoms with Gasteiger partial charge in [0.25, 0.3) is 0 Å². The van der Waals surface area contributed by atoms with Gasteiger partial charge in [0.1, 0.15) is 12.1 Å². The van der Waals surface area contributed by atoms with Crippen molar-refractivity contribution in [3.05, 3.63) is 24.3 Å². The summed E-state index contributed by atoms with van der Waals surface area (Å²) in [7, 11) is 0. The number of rotatable bonds is 3. The molecule has 0 aliphatic heterocycles. The smallest absolute Gasteiger partial charge is 0.241 e. The highest BCUT2D eigenvalue weighted by molar-refractivity contribution is 5.79. The Morgan fingerprint density at radius 3 is 3.07 bits per heavy atom. The van der Waals surface area contributed by atoms with Crippen LogP contribution in [0.5, 0.6) is 0 Å². The van der Waals surface area contributed by atoms with E-state index in [0.717, 1.165) is 11.0 Å². The van der Waals surface area contributed by atoms with Crippen molar-refractivity contribution in [3.63, 3.8) is 0 Å². The third-order valence-corrected chi connectivity index (χ3v) is 2.09. The van der Waals surface area contributed by atoms with E-state index in [-0.39, 0.29) is 12.5 Å². The molecule has 0 unspecified atom stereocenters. The second-order valence-electron chi connectivity index (χ2n) is 3.19. The summed E-state index contributed by atoms with van der Waals surface area (Å²) in [6.07, 6.45) is 0. The number of hydrogen-bond donors (Lipinski definition) is 1. The third-order valence-electron chi connectivity index (χ3n) is 2.09. The lowest BCUT2D eigenvalue weighted by molar-refractivity contribution is -0.121. The minimum Gasteiger partial charge on any atom is -0.355 e. The average molecular weight is 204 g/mol. The highest BCUT2D eigenvalue weighted by Crippen LogP contribution is 2.08. The molecule has 0 radical (unpaired) electrons. The number of nitrogens with zero attached hydrogens (tertiary/aromatic N) is 3. The van der Waals surface area contributed by atoms with Crippen LogP contribution in [0.2, 0.25) is 0 Å². The van der Waals surface area contributed by atoms with Crippen LogP contribution in [0.25, 0.3) is 11.0 Å². The number of amides is 1. The molecule has 0 saturated carbocycles. The summed E-state index contributed by atoms with van der Waals surface area (Å²) in [6.45, 7) is 2.73. The van der Waals surface area contributed by atoms with Crippen molar-refractivity contribution >= 4 is 16.9 Å². The number of carbonyl (C=O) groups is 1. The molecule has 0 fully saturated rings. The standard InChI is InChI=1S/C10H12N4O/c1-2-11-10(15)7-14-9-6-4-3-5-8(9)12-13-14/h3-6H,2,7H2,1H3,(H,11,15). The van der Waals surface area contributed by atoms with Crippen LogP contribution in [0, 0.1) is 0 Å². The summed E-state index contributed by atoms with van der Waals surface area (Å²) in [5.41, 5.74) is 1.69. The van der Waals surface area contributed by atoms with Crippen LogP contribution >= 0.6 is 0 Å². The highest BCUT2D eigenvalue weighted by Gasteiger charge is 2.06. The molecular weight excluding hydrogens is 192 g/mol. The maximum atomic E-state index is 11.4. The van der Waals surface area contributed by atoms with Gasteiger partial charge < -0.3 is 5.32 Å². The summed E-state index contributed by atoms with van der Waals surface area (Å²) in [6, 6.07) is 7.57. The van der Waals surface area contributed by atoms with Gasteiger partial charge in [-0.2, -0.15) is 0 Å². The zero-order valence-corrected chi connectivity index (χ0v) is 8.47. The maximum Gasteiger partial charge on any atom is 0.241 e. The average Bonchev–Trinajstić information content (AvgIpc) is 2.62. The van der Waals surface area contributed by atoms with Gasteiger partial charge in [-0.05, 0) is 19.1 Å². The molecule has 0 atom stereocenters. The number of benzene rings is 1. The summed E-state index contributed by atoms with van der Waals surface area (Å²) in [4.78, 5) is 11.4. The molecule has 15 heavy (non-hydrogen) atoms. The molecule has 0 aliphatic carbocycles. The van der Waals surface area contributed by atoms with E-state index < -0.39 is 0 Å². The molecule has 1 heterocycles. The van der Waals surface area contributed by atoms with Crippen LogP contribution in [-0.4, -0.2) is 27.4 Å². The van der Waals surface area contributed by atoms with Crippen molar-refractivity contribution in [1.82, 2.24) is 20.3 Å². The molecule has 0 aliphatic rings. The van der Waals surface area contributed by atoms with Gasteiger partial charge >= 0.3 is 0 Å². The zero-order valence-electron chi connectivity index (χ0n) is 8.47. The van der Waals surface area contributed by atoms with Crippen molar-refractivity contribution in [1.29, 1.82) is 0 Å². The van der Waals surface area contributed by atoms with Gasteiger partial charge in [-0.15, -0.1) is 5.10 Å². The Kier molecular flexibility index (Phi) is 2.62. The Bertz CT molecular complexity index is 477. The predicted octanol–water partition coefficient (Wildman–Crippen LogP) is 0.567. The Labute approximate surface area is 87.1 Å². The number of carbonyl (C=O) groups excluding carboxylic acids is 1. The Balaban J connectivity index is 2.25. The normalized spacial score (nSPS) is 10.5. The van der Waals surface area contributed by atoms with E-state index in [1.165, 1.54) is 0 Å². The van der Waals surface area contributed by atoms with E-state index in [0.29, 0.717) is 6.54 Å². The van der Waals surface area contributed by atoms with Crippen molar-refractivity contribution in [2.75, 3.05) is 6.54 Å². The largest absolute Gasteiger partial charge is 0.355 e. The fourth-order valence-electron chi connectivity index (χ4n) is 1.42. The van der Waals surface area contributed by atoms with E-state index in [2.05, 4.69) is 15.6 Å². The molecule has 0 spiro atoms. The Hall–Kier alpha value is -1.91. The predicted molar refractivity (Wildman–Crippen MR) is 56.2 cm³/mol. The number of nitrogens with one attached hydrogen (secondary N) is 1. The molecular formula is C10H12N4O. The van der Waals surface area contributed by atoms with Crippen LogP contribution < -0.4 is 5.32 Å². The number of aromatic nitrogens is 3. The fraction of sp³-hybridized carbons (Fsp3) is 0.300. The molecule has 0 bridgehead atoms. The minimum atomic E-state index is -0.0480. The third kappa shape index (κ3) is 1.96. The van der Waals surface area contributed by atoms with Gasteiger partial charge in [-0.1, -0.05) is 17.3 Å². The molecule has 5 heteroatoms. The number of fused-ring (bicyclic) bond motifs is 1. The van der Waals surface area contributed by atoms with Gasteiger partial charge in [-0.25, -0.2) is 4.68 Å². The van der Waals surface area contributed by atoms with E-state index in [9.17, 15) is 4.79 Å². The van der Waals surface area contributed by atoms with Gasteiger partial charge in [0.15, 0.2) is 0 Å².